The van der Waals surface area contributed by atoms with Crippen molar-refractivity contribution < 1.29 is 28.7 Å². The van der Waals surface area contributed by atoms with E-state index in [2.05, 4.69) is 54.1 Å². The van der Waals surface area contributed by atoms with Crippen LogP contribution in [0.15, 0.2) is 24.3 Å². The van der Waals surface area contributed by atoms with Gasteiger partial charge in [0.25, 0.3) is 0 Å². The molecule has 1 saturated carbocycles. The molecule has 0 aromatic carbocycles. The van der Waals surface area contributed by atoms with Gasteiger partial charge in [0, 0.05) is 34.4 Å². The van der Waals surface area contributed by atoms with Crippen molar-refractivity contribution in [3.63, 3.8) is 0 Å². The van der Waals surface area contributed by atoms with Gasteiger partial charge in [0.2, 0.25) is 23.6 Å². The largest absolute Gasteiger partial charge is 0.379 e. The molecule has 0 aromatic rings. The van der Waals surface area contributed by atoms with E-state index in [9.17, 15) is 19.2 Å². The molecular weight excluding hydrogens is 646 g/mol. The van der Waals surface area contributed by atoms with Crippen LogP contribution in [-0.2, 0) is 28.7 Å². The molecule has 0 radical (unpaired) electrons. The molecule has 5 unspecified atom stereocenters. The molecule has 2 heterocycles. The quantitative estimate of drug-likeness (QED) is 0.194. The highest BCUT2D eigenvalue weighted by Gasteiger charge is 2.61. The summed E-state index contributed by atoms with van der Waals surface area (Å²) in [5, 5.41) is 9.66. The first-order chi connectivity index (χ1) is 24.4. The van der Waals surface area contributed by atoms with E-state index in [0.717, 1.165) is 64.3 Å². The smallest absolute Gasteiger partial charge is 0.245 e. The number of nitrogens with zero attached hydrogens (tertiary/aromatic N) is 2. The van der Waals surface area contributed by atoms with E-state index in [4.69, 9.17) is 9.47 Å². The molecule has 4 amide bonds. The fourth-order valence-corrected chi connectivity index (χ4v) is 8.81. The van der Waals surface area contributed by atoms with Crippen LogP contribution in [-0.4, -0.2) is 110 Å². The van der Waals surface area contributed by atoms with Gasteiger partial charge in [-0.2, -0.15) is 0 Å². The Morgan fingerprint density at radius 2 is 1.80 bits per heavy atom. The number of amides is 4. The van der Waals surface area contributed by atoms with Crippen LogP contribution >= 0.6 is 0 Å². The van der Waals surface area contributed by atoms with E-state index >= 15 is 0 Å². The molecule has 0 bridgehead atoms. The average molecular weight is 714 g/mol. The minimum Gasteiger partial charge on any atom is -0.379 e. The van der Waals surface area contributed by atoms with Crippen molar-refractivity contribution in [1.29, 1.82) is 0 Å². The summed E-state index contributed by atoms with van der Waals surface area (Å²) in [4.78, 5) is 58.8. The van der Waals surface area contributed by atoms with Gasteiger partial charge in [0.1, 0.15) is 11.6 Å². The van der Waals surface area contributed by atoms with Gasteiger partial charge in [-0.3, -0.25) is 19.2 Å². The van der Waals surface area contributed by atoms with Crippen LogP contribution in [0, 0.1) is 29.6 Å². The Balaban J connectivity index is 1.40. The van der Waals surface area contributed by atoms with Crippen LogP contribution in [0.3, 0.4) is 0 Å². The fourth-order valence-electron chi connectivity index (χ4n) is 8.81. The van der Waals surface area contributed by atoms with E-state index in [-0.39, 0.29) is 47.9 Å². The van der Waals surface area contributed by atoms with E-state index < -0.39 is 35.7 Å². The summed E-state index contributed by atoms with van der Waals surface area (Å²) in [6, 6.07) is -1.32. The van der Waals surface area contributed by atoms with Crippen LogP contribution in [0.1, 0.15) is 98.8 Å². The van der Waals surface area contributed by atoms with E-state index in [1.54, 1.807) is 26.2 Å². The number of piperidine rings is 1. The third-order valence-electron chi connectivity index (χ3n) is 12.3. The van der Waals surface area contributed by atoms with Crippen LogP contribution in [0.2, 0.25) is 0 Å². The van der Waals surface area contributed by atoms with E-state index in [1.807, 2.05) is 25.7 Å². The Kier molecular flexibility index (Phi) is 15.1. The Hall–Kier alpha value is -2.76. The third kappa shape index (κ3) is 9.82. The Bertz CT molecular complexity index is 1260. The average Bonchev–Trinajstić information content (AvgIpc) is 3.79. The van der Waals surface area contributed by atoms with Crippen molar-refractivity contribution in [1.82, 2.24) is 25.8 Å². The number of nitrogens with one attached hydrogen (secondary N) is 3. The molecule has 11 heteroatoms. The van der Waals surface area contributed by atoms with Gasteiger partial charge in [-0.25, -0.2) is 0 Å². The second-order valence-corrected chi connectivity index (χ2v) is 16.0. The number of likely N-dealkylation sites (tertiary alicyclic amines) is 1. The second kappa shape index (κ2) is 18.8. The van der Waals surface area contributed by atoms with Crippen LogP contribution in [0.4, 0.5) is 0 Å². The summed E-state index contributed by atoms with van der Waals surface area (Å²) >= 11 is 0. The fraction of sp³-hybridized carbons (Fsp3) is 0.800. The zero-order chi connectivity index (χ0) is 37.3. The van der Waals surface area contributed by atoms with E-state index in [0.29, 0.717) is 24.9 Å². The van der Waals surface area contributed by atoms with Gasteiger partial charge in [-0.05, 0) is 81.6 Å². The number of likely N-dealkylation sites (N-methyl/N-ethyl adjacent to an activating group) is 1. The summed E-state index contributed by atoms with van der Waals surface area (Å²) in [6.45, 7) is 11.9. The normalized spacial score (nSPS) is 27.8. The summed E-state index contributed by atoms with van der Waals surface area (Å²) in [5.74, 6) is -0.151. The van der Waals surface area contributed by atoms with Gasteiger partial charge < -0.3 is 35.2 Å². The number of rotatable bonds is 18. The molecule has 288 valence electrons. The maximum atomic E-state index is 14.2. The molecule has 3 N–H and O–H groups in total. The summed E-state index contributed by atoms with van der Waals surface area (Å²) in [5.41, 5.74) is -0.545. The Labute approximate surface area is 307 Å². The highest BCUT2D eigenvalue weighted by Crippen LogP contribution is 2.49. The Morgan fingerprint density at radius 1 is 1.04 bits per heavy atom. The zero-order valence-electron chi connectivity index (χ0n) is 32.6. The molecule has 51 heavy (non-hydrogen) atoms. The first kappa shape index (κ1) is 41.0. The topological polar surface area (TPSA) is 129 Å². The molecule has 4 aliphatic rings. The predicted octanol–water partition coefficient (Wildman–Crippen LogP) is 4.22. The van der Waals surface area contributed by atoms with Crippen molar-refractivity contribution in [2.45, 2.75) is 135 Å². The minimum absolute atomic E-state index is 0.0289. The number of fused-ring (bicyclic) bond motifs is 1. The summed E-state index contributed by atoms with van der Waals surface area (Å²) in [7, 11) is 4.99. The first-order valence-electron chi connectivity index (χ1n) is 19.7. The van der Waals surface area contributed by atoms with Crippen molar-refractivity contribution >= 4 is 23.6 Å². The second-order valence-electron chi connectivity index (χ2n) is 16.0. The minimum atomic E-state index is -0.694. The number of methoxy groups -OCH3 is 2. The molecule has 2 saturated heterocycles. The SMILES string of the molecule is CCC(C)C(C(CC(=O)N1CCC[C@H]1[C@H](OC)[C@@H](C)C(=O)NCCC1C=CC=CCC1)OC)N(C)C(=O)[C@@H](NC(=O)[C@]12CC1CCCN2)C(C)C. The molecule has 0 aromatic heterocycles. The molecule has 11 nitrogen and oxygen atoms in total. The molecule has 2 aliphatic carbocycles. The molecule has 2 aliphatic heterocycles. The summed E-state index contributed by atoms with van der Waals surface area (Å²) < 4.78 is 12.0. The first-order valence-corrected chi connectivity index (χ1v) is 19.7. The molecule has 4 rings (SSSR count). The summed E-state index contributed by atoms with van der Waals surface area (Å²) in [6.07, 6.45) is 15.9. The number of allylic oxidation sites excluding steroid dienone is 4. The van der Waals surface area contributed by atoms with Gasteiger partial charge in [0.05, 0.1) is 36.6 Å². The van der Waals surface area contributed by atoms with E-state index in [1.165, 1.54) is 0 Å². The predicted molar refractivity (Wildman–Crippen MR) is 200 cm³/mol. The van der Waals surface area contributed by atoms with Gasteiger partial charge >= 0.3 is 0 Å². The van der Waals surface area contributed by atoms with Crippen LogP contribution in [0.5, 0.6) is 0 Å². The lowest BCUT2D eigenvalue weighted by Gasteiger charge is -2.41. The lowest BCUT2D eigenvalue weighted by Crippen LogP contribution is -2.60. The van der Waals surface area contributed by atoms with Crippen molar-refractivity contribution in [3.05, 3.63) is 24.3 Å². The van der Waals surface area contributed by atoms with Crippen LogP contribution < -0.4 is 16.0 Å². The molecule has 0 spiro atoms. The van der Waals surface area contributed by atoms with Gasteiger partial charge in [0.15, 0.2) is 0 Å². The zero-order valence-corrected chi connectivity index (χ0v) is 32.6. The number of ether oxygens (including phenoxy) is 2. The monoisotopic (exact) mass is 714 g/mol. The van der Waals surface area contributed by atoms with Gasteiger partial charge in [-0.15, -0.1) is 0 Å². The van der Waals surface area contributed by atoms with Gasteiger partial charge in [-0.1, -0.05) is 65.3 Å². The molecule has 3 fully saturated rings. The number of carbonyl (C=O) groups excluding carboxylic acids is 4. The lowest BCUT2D eigenvalue weighted by molar-refractivity contribution is -0.147. The molecular formula is C40H67N5O6. The van der Waals surface area contributed by atoms with Crippen LogP contribution in [0.25, 0.3) is 0 Å². The maximum absolute atomic E-state index is 14.2. The maximum Gasteiger partial charge on any atom is 0.245 e. The van der Waals surface area contributed by atoms with Crippen molar-refractivity contribution in [2.75, 3.05) is 40.9 Å². The Morgan fingerprint density at radius 3 is 2.47 bits per heavy atom. The highest BCUT2D eigenvalue weighted by molar-refractivity contribution is 5.95. The standard InChI is InChI=1S/C40H67N5O6/c1-9-27(4)35(44(6)38(48)34(26(2)3)43-39(49)40-25-30(40)18-14-21-42-40)32(50-7)24-33(46)45-23-15-19-31(45)36(51-8)28(5)37(47)41-22-20-29-16-12-10-11-13-17-29/h10-12,16,26-32,34-36,42H,9,13-15,17-25H2,1-8H3,(H,41,47)(H,43,49)/t27?,28-,29?,30?,31+,32?,34+,35?,36-,40+/m1/s1. The number of hydrogen-bond acceptors (Lipinski definition) is 7. The highest BCUT2D eigenvalue weighted by atomic mass is 16.5. The number of carbonyl (C=O) groups is 4. The van der Waals surface area contributed by atoms with Crippen molar-refractivity contribution in [3.8, 4) is 0 Å². The third-order valence-corrected chi connectivity index (χ3v) is 12.3. The number of hydrogen-bond donors (Lipinski definition) is 3. The molecule has 10 atom stereocenters. The lowest BCUT2D eigenvalue weighted by atomic mass is 9.89. The van der Waals surface area contributed by atoms with Crippen molar-refractivity contribution in [2.24, 2.45) is 29.6 Å².